The standard InChI is InChI=1S/C13H16N2O3S/c1-10-7-13(5-2-6-13)9-15(10)19(16,17)12-4-3-11(8-14)18-12/h3-4,10H,2,5-7,9H2,1H3. The summed E-state index contributed by atoms with van der Waals surface area (Å²) in [5.41, 5.74) is 0.192. The Morgan fingerprint density at radius 3 is 2.68 bits per heavy atom. The van der Waals surface area contributed by atoms with E-state index in [0.717, 1.165) is 19.3 Å². The summed E-state index contributed by atoms with van der Waals surface area (Å²) in [6.07, 6.45) is 4.36. The van der Waals surface area contributed by atoms with Gasteiger partial charge in [-0.05, 0) is 43.7 Å². The van der Waals surface area contributed by atoms with Gasteiger partial charge in [0.25, 0.3) is 10.0 Å². The predicted octanol–water partition coefficient (Wildman–Crippen LogP) is 2.10. The van der Waals surface area contributed by atoms with Crippen molar-refractivity contribution >= 4 is 10.0 Å². The first-order valence-corrected chi connectivity index (χ1v) is 7.93. The summed E-state index contributed by atoms with van der Waals surface area (Å²) in [5.74, 6) is 0.0313. The highest BCUT2D eigenvalue weighted by molar-refractivity contribution is 7.89. The van der Waals surface area contributed by atoms with Crippen molar-refractivity contribution in [3.8, 4) is 6.07 Å². The molecule has 1 aliphatic heterocycles. The molecule has 0 aromatic carbocycles. The van der Waals surface area contributed by atoms with E-state index >= 15 is 0 Å². The van der Waals surface area contributed by atoms with E-state index < -0.39 is 10.0 Å². The lowest BCUT2D eigenvalue weighted by Gasteiger charge is -2.37. The number of hydrogen-bond donors (Lipinski definition) is 0. The Balaban J connectivity index is 1.90. The third-order valence-corrected chi connectivity index (χ3v) is 6.21. The average molecular weight is 280 g/mol. The van der Waals surface area contributed by atoms with E-state index in [2.05, 4.69) is 0 Å². The van der Waals surface area contributed by atoms with Crippen LogP contribution in [0.1, 0.15) is 38.4 Å². The van der Waals surface area contributed by atoms with Crippen LogP contribution in [-0.4, -0.2) is 25.3 Å². The molecule has 2 aliphatic rings. The molecule has 0 radical (unpaired) electrons. The molecule has 1 unspecified atom stereocenters. The summed E-state index contributed by atoms with van der Waals surface area (Å²) in [6, 6.07) is 4.57. The molecule has 5 nitrogen and oxygen atoms in total. The quantitative estimate of drug-likeness (QED) is 0.831. The lowest BCUT2D eigenvalue weighted by Crippen LogP contribution is -2.37. The van der Waals surface area contributed by atoms with E-state index in [-0.39, 0.29) is 22.3 Å². The van der Waals surface area contributed by atoms with E-state index in [0.29, 0.717) is 6.54 Å². The first-order chi connectivity index (χ1) is 8.97. The van der Waals surface area contributed by atoms with Gasteiger partial charge in [-0.1, -0.05) is 6.42 Å². The van der Waals surface area contributed by atoms with Crippen molar-refractivity contribution in [3.63, 3.8) is 0 Å². The molecule has 1 aliphatic carbocycles. The molecule has 1 spiro atoms. The summed E-state index contributed by atoms with van der Waals surface area (Å²) in [7, 11) is -3.61. The summed E-state index contributed by atoms with van der Waals surface area (Å²) >= 11 is 0. The molecule has 0 N–H and O–H groups in total. The molecular weight excluding hydrogens is 264 g/mol. The molecule has 2 heterocycles. The van der Waals surface area contributed by atoms with Gasteiger partial charge in [0.15, 0.2) is 0 Å². The van der Waals surface area contributed by atoms with Crippen LogP contribution in [-0.2, 0) is 10.0 Å². The summed E-state index contributed by atoms with van der Waals surface area (Å²) in [4.78, 5) is 0. The van der Waals surface area contributed by atoms with Crippen LogP contribution in [0.3, 0.4) is 0 Å². The van der Waals surface area contributed by atoms with Gasteiger partial charge >= 0.3 is 0 Å². The minimum absolute atomic E-state index is 0.000866. The number of nitriles is 1. The minimum atomic E-state index is -3.61. The molecule has 0 amide bonds. The van der Waals surface area contributed by atoms with Crippen molar-refractivity contribution in [1.82, 2.24) is 4.31 Å². The first kappa shape index (κ1) is 12.7. The highest BCUT2D eigenvalue weighted by Crippen LogP contribution is 2.51. The largest absolute Gasteiger partial charge is 0.433 e. The molecule has 1 saturated heterocycles. The normalized spacial score (nSPS) is 26.2. The van der Waals surface area contributed by atoms with Crippen LogP contribution >= 0.6 is 0 Å². The Labute approximate surface area is 112 Å². The SMILES string of the molecule is CC1CC2(CCC2)CN1S(=O)(=O)c1ccc(C#N)o1. The number of sulfonamides is 1. The van der Waals surface area contributed by atoms with Gasteiger partial charge in [0.1, 0.15) is 6.07 Å². The fraction of sp³-hybridized carbons (Fsp3) is 0.615. The minimum Gasteiger partial charge on any atom is -0.433 e. The van der Waals surface area contributed by atoms with Crippen molar-refractivity contribution in [2.24, 2.45) is 5.41 Å². The van der Waals surface area contributed by atoms with Gasteiger partial charge in [0.05, 0.1) is 0 Å². The van der Waals surface area contributed by atoms with Crippen LogP contribution in [0.5, 0.6) is 0 Å². The molecule has 0 bridgehead atoms. The molecule has 2 fully saturated rings. The van der Waals surface area contributed by atoms with Gasteiger partial charge in [0, 0.05) is 12.6 Å². The Hall–Kier alpha value is -1.32. The van der Waals surface area contributed by atoms with E-state index in [1.54, 1.807) is 0 Å². The Morgan fingerprint density at radius 2 is 2.21 bits per heavy atom. The maximum absolute atomic E-state index is 12.5. The highest BCUT2D eigenvalue weighted by atomic mass is 32.2. The van der Waals surface area contributed by atoms with E-state index in [4.69, 9.17) is 9.68 Å². The van der Waals surface area contributed by atoms with Crippen molar-refractivity contribution in [1.29, 1.82) is 5.26 Å². The van der Waals surface area contributed by atoms with Crippen LogP contribution in [0.25, 0.3) is 0 Å². The summed E-state index contributed by atoms with van der Waals surface area (Å²) in [5, 5.41) is 8.59. The second-order valence-electron chi connectivity index (χ2n) is 5.69. The smallest absolute Gasteiger partial charge is 0.276 e. The number of hydrogen-bond acceptors (Lipinski definition) is 4. The van der Waals surface area contributed by atoms with Crippen LogP contribution < -0.4 is 0 Å². The van der Waals surface area contributed by atoms with Crippen molar-refractivity contribution in [2.45, 2.75) is 43.7 Å². The van der Waals surface area contributed by atoms with E-state index in [1.807, 2.05) is 13.0 Å². The highest BCUT2D eigenvalue weighted by Gasteiger charge is 2.50. The zero-order chi connectivity index (χ0) is 13.7. The fourth-order valence-electron chi connectivity index (χ4n) is 3.27. The van der Waals surface area contributed by atoms with Gasteiger partial charge in [-0.15, -0.1) is 0 Å². The van der Waals surface area contributed by atoms with Crippen LogP contribution in [0.2, 0.25) is 0 Å². The fourth-order valence-corrected chi connectivity index (χ4v) is 4.93. The zero-order valence-corrected chi connectivity index (χ0v) is 11.6. The molecule has 1 aromatic rings. The maximum atomic E-state index is 12.5. The number of nitrogens with zero attached hydrogens (tertiary/aromatic N) is 2. The molecule has 1 atom stereocenters. The average Bonchev–Trinajstić information content (AvgIpc) is 2.92. The van der Waals surface area contributed by atoms with Crippen LogP contribution in [0.4, 0.5) is 0 Å². The maximum Gasteiger partial charge on any atom is 0.276 e. The summed E-state index contributed by atoms with van der Waals surface area (Å²) < 4.78 is 31.7. The van der Waals surface area contributed by atoms with Crippen LogP contribution in [0, 0.1) is 16.7 Å². The molecule has 3 rings (SSSR count). The Morgan fingerprint density at radius 1 is 1.47 bits per heavy atom. The van der Waals surface area contributed by atoms with Crippen molar-refractivity contribution in [3.05, 3.63) is 17.9 Å². The molecule has 102 valence electrons. The molecule has 19 heavy (non-hydrogen) atoms. The molecule has 1 aromatic heterocycles. The van der Waals surface area contributed by atoms with Gasteiger partial charge in [-0.2, -0.15) is 9.57 Å². The van der Waals surface area contributed by atoms with Gasteiger partial charge < -0.3 is 4.42 Å². The molecule has 6 heteroatoms. The topological polar surface area (TPSA) is 74.3 Å². The van der Waals surface area contributed by atoms with Gasteiger partial charge in [-0.3, -0.25) is 0 Å². The lowest BCUT2D eigenvalue weighted by atomic mass is 9.68. The van der Waals surface area contributed by atoms with Crippen LogP contribution in [0.15, 0.2) is 21.6 Å². The zero-order valence-electron chi connectivity index (χ0n) is 10.8. The van der Waals surface area contributed by atoms with Crippen molar-refractivity contribution < 1.29 is 12.8 Å². The third-order valence-electron chi connectivity index (χ3n) is 4.38. The Kier molecular flexibility index (Phi) is 2.73. The summed E-state index contributed by atoms with van der Waals surface area (Å²) in [6.45, 7) is 2.53. The first-order valence-electron chi connectivity index (χ1n) is 6.49. The van der Waals surface area contributed by atoms with E-state index in [9.17, 15) is 8.42 Å². The third kappa shape index (κ3) is 1.88. The lowest BCUT2D eigenvalue weighted by molar-refractivity contribution is 0.152. The Bertz CT molecular complexity index is 637. The van der Waals surface area contributed by atoms with Crippen molar-refractivity contribution in [2.75, 3.05) is 6.54 Å². The van der Waals surface area contributed by atoms with E-state index in [1.165, 1.54) is 22.9 Å². The second-order valence-corrected chi connectivity index (χ2v) is 7.51. The van der Waals surface area contributed by atoms with Gasteiger partial charge in [-0.25, -0.2) is 8.42 Å². The van der Waals surface area contributed by atoms with Gasteiger partial charge in [0.2, 0.25) is 10.9 Å². The predicted molar refractivity (Wildman–Crippen MR) is 67.7 cm³/mol. The number of furan rings is 1. The number of rotatable bonds is 2. The second kappa shape index (κ2) is 4.09. The molecule has 1 saturated carbocycles. The monoisotopic (exact) mass is 280 g/mol. The molecular formula is C13H16N2O3S.